The van der Waals surface area contributed by atoms with Gasteiger partial charge in [0, 0.05) is 22.7 Å². The van der Waals surface area contributed by atoms with E-state index in [0.29, 0.717) is 6.42 Å². The molecule has 1 aromatic heterocycles. The minimum absolute atomic E-state index is 0.0523. The first kappa shape index (κ1) is 25.0. The van der Waals surface area contributed by atoms with Gasteiger partial charge in [-0.2, -0.15) is 0 Å². The van der Waals surface area contributed by atoms with Gasteiger partial charge in [-0.15, -0.1) is 0 Å². The molecule has 8 nitrogen and oxygen atoms in total. The van der Waals surface area contributed by atoms with Crippen molar-refractivity contribution >= 4 is 17.7 Å². The second-order valence-corrected chi connectivity index (χ2v) is 11.3. The molecule has 0 aromatic carbocycles. The Kier molecular flexibility index (Phi) is 5.65. The largest absolute Gasteiger partial charge is 0.472 e. The molecule has 1 saturated carbocycles. The summed E-state index contributed by atoms with van der Waals surface area (Å²) in [5, 5.41) is 11.9. The van der Waals surface area contributed by atoms with Crippen molar-refractivity contribution in [1.82, 2.24) is 0 Å². The van der Waals surface area contributed by atoms with E-state index < -0.39 is 52.2 Å². The number of carbonyl (C=O) groups excluding carboxylic acids is 3. The van der Waals surface area contributed by atoms with Crippen LogP contribution in [0.25, 0.3) is 0 Å². The van der Waals surface area contributed by atoms with Crippen molar-refractivity contribution in [3.05, 3.63) is 47.5 Å². The number of carbonyl (C=O) groups is 3. The van der Waals surface area contributed by atoms with Crippen LogP contribution >= 0.6 is 0 Å². The van der Waals surface area contributed by atoms with Crippen molar-refractivity contribution in [3.63, 3.8) is 0 Å². The summed E-state index contributed by atoms with van der Waals surface area (Å²) < 4.78 is 22.1. The summed E-state index contributed by atoms with van der Waals surface area (Å²) >= 11 is 0. The Labute approximate surface area is 210 Å². The third-order valence-electron chi connectivity index (χ3n) is 9.87. The molecule has 0 bridgehead atoms. The van der Waals surface area contributed by atoms with Crippen molar-refractivity contribution in [1.29, 1.82) is 0 Å². The van der Waals surface area contributed by atoms with E-state index in [1.54, 1.807) is 26.4 Å². The SMILES string of the molecule is COC(=O)C[C@H]1[C@]2(C)C3=C(C)[C@H](c4ccoc4)C[C@H]3O[C@H]2[C@H](O)[C@H]2[C@@]1(C)C(=O)C=C[C@@]2(C)C(=O)OC. The Hall–Kier alpha value is -2.71. The van der Waals surface area contributed by atoms with Crippen molar-refractivity contribution in [2.45, 2.75) is 64.8 Å². The lowest BCUT2D eigenvalue weighted by molar-refractivity contribution is -0.216. The van der Waals surface area contributed by atoms with Crippen LogP contribution in [0.5, 0.6) is 0 Å². The third kappa shape index (κ3) is 2.97. The van der Waals surface area contributed by atoms with Gasteiger partial charge in [-0.05, 0) is 49.5 Å². The van der Waals surface area contributed by atoms with Crippen LogP contribution in [-0.4, -0.2) is 55.4 Å². The molecule has 1 aliphatic heterocycles. The van der Waals surface area contributed by atoms with Crippen LogP contribution in [0.15, 0.2) is 46.3 Å². The highest BCUT2D eigenvalue weighted by atomic mass is 16.5. The van der Waals surface area contributed by atoms with Gasteiger partial charge >= 0.3 is 11.9 Å². The smallest absolute Gasteiger partial charge is 0.315 e. The van der Waals surface area contributed by atoms with Crippen molar-refractivity contribution in [2.24, 2.45) is 28.1 Å². The van der Waals surface area contributed by atoms with Gasteiger partial charge in [-0.25, -0.2) is 0 Å². The number of ether oxygens (including phenoxy) is 3. The summed E-state index contributed by atoms with van der Waals surface area (Å²) in [6.07, 6.45) is 4.78. The number of furan rings is 1. The van der Waals surface area contributed by atoms with E-state index in [1.165, 1.54) is 26.4 Å². The van der Waals surface area contributed by atoms with Gasteiger partial charge in [-0.1, -0.05) is 25.5 Å². The fraction of sp³-hybridized carbons (Fsp3) is 0.607. The number of aliphatic hydroxyl groups excluding tert-OH is 1. The monoisotopic (exact) mass is 498 g/mol. The van der Waals surface area contributed by atoms with E-state index in [4.69, 9.17) is 18.6 Å². The van der Waals surface area contributed by atoms with Crippen LogP contribution in [0.1, 0.15) is 52.0 Å². The molecular formula is C28H34O8. The van der Waals surface area contributed by atoms with Gasteiger partial charge < -0.3 is 23.7 Å². The zero-order valence-electron chi connectivity index (χ0n) is 21.6. The number of methoxy groups -OCH3 is 2. The zero-order valence-corrected chi connectivity index (χ0v) is 21.6. The lowest BCUT2D eigenvalue weighted by Crippen LogP contribution is -2.69. The van der Waals surface area contributed by atoms with E-state index in [9.17, 15) is 19.5 Å². The fourth-order valence-electron chi connectivity index (χ4n) is 8.29. The standard InChI is InChI=1S/C28H34O8/c1-14-16(15-8-10-35-13-15)11-17-21(14)28(4)18(12-20(30)33-5)27(3)19(29)7-9-26(2,25(32)34-6)23(27)22(31)24(28)36-17/h7-10,13,16-18,22-24,31H,11-12H2,1-6H3/t16-,17-,18-,22-,23-,24+,26-,27-,28-/m1/s1. The molecule has 0 unspecified atom stereocenters. The topological polar surface area (TPSA) is 112 Å². The number of allylic oxidation sites excluding steroid dienone is 2. The van der Waals surface area contributed by atoms with E-state index in [-0.39, 0.29) is 24.2 Å². The van der Waals surface area contributed by atoms with Gasteiger partial charge in [0.1, 0.15) is 0 Å². The van der Waals surface area contributed by atoms with Gasteiger partial charge in [0.15, 0.2) is 5.78 Å². The minimum Gasteiger partial charge on any atom is -0.472 e. The van der Waals surface area contributed by atoms with Gasteiger partial charge in [-0.3, -0.25) is 14.4 Å². The second kappa shape index (κ2) is 8.15. The summed E-state index contributed by atoms with van der Waals surface area (Å²) in [7, 11) is 2.62. The lowest BCUT2D eigenvalue weighted by Gasteiger charge is -2.61. The molecular weight excluding hydrogens is 464 g/mol. The highest BCUT2D eigenvalue weighted by Crippen LogP contribution is 2.70. The maximum absolute atomic E-state index is 13.8. The van der Waals surface area contributed by atoms with Crippen LogP contribution in [0.4, 0.5) is 0 Å². The molecule has 0 radical (unpaired) electrons. The molecule has 36 heavy (non-hydrogen) atoms. The van der Waals surface area contributed by atoms with Crippen molar-refractivity contribution in [2.75, 3.05) is 14.2 Å². The predicted molar refractivity (Wildman–Crippen MR) is 128 cm³/mol. The van der Waals surface area contributed by atoms with Crippen LogP contribution in [0.3, 0.4) is 0 Å². The summed E-state index contributed by atoms with van der Waals surface area (Å²) in [5.41, 5.74) is -0.215. The Morgan fingerprint density at radius 3 is 2.50 bits per heavy atom. The Morgan fingerprint density at radius 1 is 1.17 bits per heavy atom. The third-order valence-corrected chi connectivity index (χ3v) is 9.87. The van der Waals surface area contributed by atoms with Crippen molar-refractivity contribution < 1.29 is 38.1 Å². The molecule has 4 aliphatic rings. The summed E-state index contributed by atoms with van der Waals surface area (Å²) in [4.78, 5) is 39.6. The van der Waals surface area contributed by atoms with Crippen LogP contribution in [0.2, 0.25) is 0 Å². The molecule has 0 spiro atoms. The summed E-state index contributed by atoms with van der Waals surface area (Å²) in [6.45, 7) is 7.50. The van der Waals surface area contributed by atoms with Gasteiger partial charge in [0.05, 0.1) is 56.9 Å². The second-order valence-electron chi connectivity index (χ2n) is 11.3. The molecule has 2 heterocycles. The Balaban J connectivity index is 1.73. The highest BCUT2D eigenvalue weighted by molar-refractivity contribution is 5.99. The molecule has 5 rings (SSSR count). The number of ketones is 1. The van der Waals surface area contributed by atoms with E-state index in [1.807, 2.05) is 13.0 Å². The Bertz CT molecular complexity index is 1160. The van der Waals surface area contributed by atoms with E-state index in [2.05, 4.69) is 6.92 Å². The number of esters is 2. The predicted octanol–water partition coefficient (Wildman–Crippen LogP) is 3.35. The number of rotatable bonds is 4. The molecule has 8 heteroatoms. The van der Waals surface area contributed by atoms with Crippen LogP contribution in [-0.2, 0) is 28.6 Å². The van der Waals surface area contributed by atoms with Gasteiger partial charge in [0.2, 0.25) is 0 Å². The molecule has 0 amide bonds. The summed E-state index contributed by atoms with van der Waals surface area (Å²) in [5.74, 6) is -2.60. The fourth-order valence-corrected chi connectivity index (χ4v) is 8.29. The summed E-state index contributed by atoms with van der Waals surface area (Å²) in [6, 6.07) is 1.94. The van der Waals surface area contributed by atoms with Gasteiger partial charge in [0.25, 0.3) is 0 Å². The first-order chi connectivity index (χ1) is 17.0. The molecule has 3 aliphatic carbocycles. The molecule has 9 atom stereocenters. The maximum atomic E-state index is 13.8. The molecule has 2 fully saturated rings. The molecule has 1 aromatic rings. The van der Waals surface area contributed by atoms with E-state index in [0.717, 1.165) is 16.7 Å². The molecule has 194 valence electrons. The first-order valence-electron chi connectivity index (χ1n) is 12.4. The minimum atomic E-state index is -1.28. The molecule has 1 N–H and O–H groups in total. The number of hydrogen-bond acceptors (Lipinski definition) is 8. The molecule has 1 saturated heterocycles. The number of hydrogen-bond donors (Lipinski definition) is 1. The normalized spacial score (nSPS) is 43.1. The first-order valence-corrected chi connectivity index (χ1v) is 12.4. The average Bonchev–Trinajstić information content (AvgIpc) is 3.56. The van der Waals surface area contributed by atoms with Crippen LogP contribution < -0.4 is 0 Å². The number of aliphatic hydroxyl groups is 1. The van der Waals surface area contributed by atoms with Crippen LogP contribution in [0, 0.1) is 28.1 Å². The van der Waals surface area contributed by atoms with E-state index >= 15 is 0 Å². The lowest BCUT2D eigenvalue weighted by atomic mass is 9.41. The highest BCUT2D eigenvalue weighted by Gasteiger charge is 2.74. The number of fused-ring (bicyclic) bond motifs is 4. The zero-order chi connectivity index (χ0) is 26.2. The maximum Gasteiger partial charge on any atom is 0.315 e. The van der Waals surface area contributed by atoms with Crippen molar-refractivity contribution in [3.8, 4) is 0 Å². The average molecular weight is 499 g/mol. The Morgan fingerprint density at radius 2 is 1.89 bits per heavy atom. The quantitative estimate of drug-likeness (QED) is 0.497.